The number of fused-ring (bicyclic) bond motifs is 11. The van der Waals surface area contributed by atoms with Gasteiger partial charge < -0.3 is 43.8 Å². The molecule has 6 aromatic rings. The first-order chi connectivity index (χ1) is 30.3. The largest absolute Gasteiger partial charge is 0.493 e. The Hall–Kier alpha value is -6.98. The molecule has 2 aliphatic carbocycles. The lowest BCUT2D eigenvalue weighted by molar-refractivity contribution is -0.192. The fourth-order valence-corrected chi connectivity index (χ4v) is 8.41. The van der Waals surface area contributed by atoms with Crippen LogP contribution >= 0.6 is 0 Å². The highest BCUT2D eigenvalue weighted by atomic mass is 19.4. The van der Waals surface area contributed by atoms with E-state index in [0.717, 1.165) is 43.7 Å². The molecule has 0 amide bonds. The third kappa shape index (κ3) is 7.78. The molecule has 0 saturated carbocycles. The second-order valence-corrected chi connectivity index (χ2v) is 15.0. The molecule has 3 N–H and O–H groups in total. The number of carbonyl (C=O) groups is 3. The van der Waals surface area contributed by atoms with Crippen molar-refractivity contribution in [2.24, 2.45) is 0 Å². The Labute approximate surface area is 356 Å². The van der Waals surface area contributed by atoms with Gasteiger partial charge in [0, 0.05) is 51.5 Å². The van der Waals surface area contributed by atoms with Crippen LogP contribution in [0.2, 0.25) is 0 Å². The summed E-state index contributed by atoms with van der Waals surface area (Å²) in [5, 5.41) is 16.3. The molecular weight excluding hydrogens is 826 g/mol. The van der Waals surface area contributed by atoms with Gasteiger partial charge in [-0.3, -0.25) is 19.2 Å². The number of carbonyl (C=O) groups excluding carboxylic acids is 2. The minimum Gasteiger partial charge on any atom is -0.493 e. The maximum absolute atomic E-state index is 14.1. The molecule has 4 aromatic carbocycles. The number of rotatable bonds is 14. The van der Waals surface area contributed by atoms with Gasteiger partial charge in [0.15, 0.2) is 34.6 Å². The summed E-state index contributed by atoms with van der Waals surface area (Å²) in [6.45, 7) is 3.92. The predicted molar refractivity (Wildman–Crippen MR) is 227 cm³/mol. The van der Waals surface area contributed by atoms with Crippen molar-refractivity contribution in [3.63, 3.8) is 0 Å². The molecular formula is C46H41F3N4O10. The number of nitrogens with zero attached hydrogens (tertiary/aromatic N) is 2. The molecule has 0 atom stereocenters. The maximum Gasteiger partial charge on any atom is 0.490 e. The van der Waals surface area contributed by atoms with Crippen molar-refractivity contribution in [2.75, 3.05) is 47.2 Å². The second kappa shape index (κ2) is 17.4. The molecule has 0 unspecified atom stereocenters. The van der Waals surface area contributed by atoms with E-state index in [-0.39, 0.29) is 29.5 Å². The van der Waals surface area contributed by atoms with E-state index in [2.05, 4.69) is 10.6 Å². The Bertz CT molecular complexity index is 2960. The monoisotopic (exact) mass is 866 g/mol. The van der Waals surface area contributed by atoms with Gasteiger partial charge in [-0.2, -0.15) is 13.2 Å². The number of pyridine rings is 2. The van der Waals surface area contributed by atoms with Crippen molar-refractivity contribution in [3.05, 3.63) is 116 Å². The Morgan fingerprint density at radius 2 is 1.10 bits per heavy atom. The Balaban J connectivity index is 0.000000719. The Morgan fingerprint density at radius 3 is 1.68 bits per heavy atom. The first-order valence-electron chi connectivity index (χ1n) is 20.2. The smallest absolute Gasteiger partial charge is 0.490 e. The van der Waals surface area contributed by atoms with E-state index in [4.69, 9.17) is 28.8 Å². The van der Waals surface area contributed by atoms with Gasteiger partial charge in [0.2, 0.25) is 6.79 Å². The van der Waals surface area contributed by atoms with Gasteiger partial charge in [0.05, 0.1) is 42.1 Å². The van der Waals surface area contributed by atoms with Crippen LogP contribution in [-0.4, -0.2) is 85.1 Å². The molecule has 0 saturated heterocycles. The number of hydrogen-bond acceptors (Lipinski definition) is 11. The lowest BCUT2D eigenvalue weighted by atomic mass is 10.0. The van der Waals surface area contributed by atoms with E-state index >= 15 is 0 Å². The quantitative estimate of drug-likeness (QED) is 0.106. The molecule has 0 spiro atoms. The van der Waals surface area contributed by atoms with Crippen molar-refractivity contribution < 1.29 is 51.6 Å². The Morgan fingerprint density at radius 1 is 0.635 bits per heavy atom. The number of methoxy groups -OCH3 is 2. The van der Waals surface area contributed by atoms with Crippen LogP contribution in [0.1, 0.15) is 51.1 Å². The average molecular weight is 867 g/mol. The van der Waals surface area contributed by atoms with Crippen LogP contribution in [-0.2, 0) is 17.9 Å². The van der Waals surface area contributed by atoms with Crippen LogP contribution in [0.5, 0.6) is 23.0 Å². The zero-order chi connectivity index (χ0) is 44.6. The highest BCUT2D eigenvalue weighted by molar-refractivity contribution is 6.28. The van der Waals surface area contributed by atoms with E-state index < -0.39 is 12.1 Å². The number of nitrogens with one attached hydrogen (secondary N) is 2. The number of alkyl halides is 3. The highest BCUT2D eigenvalue weighted by Crippen LogP contribution is 2.47. The number of carboxylic acids is 1. The van der Waals surface area contributed by atoms with Gasteiger partial charge in [-0.25, -0.2) is 4.79 Å². The summed E-state index contributed by atoms with van der Waals surface area (Å²) in [5.41, 5.74) is 4.64. The molecule has 0 fully saturated rings. The molecule has 0 bridgehead atoms. The summed E-state index contributed by atoms with van der Waals surface area (Å²) >= 11 is 0. The molecule has 14 nitrogen and oxygen atoms in total. The van der Waals surface area contributed by atoms with Crippen LogP contribution in [0, 0.1) is 0 Å². The SMILES string of the molecule is COc1cc2c3c(n(CCCNCCCNCCCn4c5c(c6ccccc6c4=O)C(=O)c4ccccc4-5)c(=O)c2cc1OC)-c1cc2c(cc1C3=O)OCO2.O=C(O)C(F)(F)F. The van der Waals surface area contributed by atoms with E-state index in [1.165, 1.54) is 14.2 Å². The van der Waals surface area contributed by atoms with Gasteiger partial charge in [0.1, 0.15) is 0 Å². The molecule has 3 heterocycles. The summed E-state index contributed by atoms with van der Waals surface area (Å²) in [6.07, 6.45) is -2.82. The molecule has 3 aliphatic rings. The van der Waals surface area contributed by atoms with Crippen molar-refractivity contribution in [1.82, 2.24) is 19.8 Å². The minimum absolute atomic E-state index is 0.0324. The zero-order valence-electron chi connectivity index (χ0n) is 34.1. The molecule has 1 aliphatic heterocycles. The number of aromatic nitrogens is 2. The minimum atomic E-state index is -5.08. The number of aliphatic carboxylic acids is 1. The summed E-state index contributed by atoms with van der Waals surface area (Å²) in [6, 6.07) is 21.7. The van der Waals surface area contributed by atoms with Crippen molar-refractivity contribution in [3.8, 4) is 45.5 Å². The van der Waals surface area contributed by atoms with Crippen molar-refractivity contribution in [2.45, 2.75) is 38.5 Å². The molecule has 326 valence electrons. The van der Waals surface area contributed by atoms with Gasteiger partial charge in [-0.05, 0) is 75.8 Å². The predicted octanol–water partition coefficient (Wildman–Crippen LogP) is 6.17. The molecule has 17 heteroatoms. The third-order valence-electron chi connectivity index (χ3n) is 11.3. The van der Waals surface area contributed by atoms with Gasteiger partial charge >= 0.3 is 12.1 Å². The lowest BCUT2D eigenvalue weighted by Crippen LogP contribution is -2.28. The fourth-order valence-electron chi connectivity index (χ4n) is 8.41. The van der Waals surface area contributed by atoms with Crippen LogP contribution < -0.4 is 40.7 Å². The molecule has 0 radical (unpaired) electrons. The van der Waals surface area contributed by atoms with E-state index in [1.54, 1.807) is 39.5 Å². The summed E-state index contributed by atoms with van der Waals surface area (Å²) in [4.78, 5) is 64.1. The zero-order valence-corrected chi connectivity index (χ0v) is 34.1. The molecule has 2 aromatic heterocycles. The topological polar surface area (TPSA) is 176 Å². The highest BCUT2D eigenvalue weighted by Gasteiger charge is 2.39. The number of halogens is 3. The first kappa shape index (κ1) is 42.7. The number of hydrogen-bond donors (Lipinski definition) is 3. The van der Waals surface area contributed by atoms with Gasteiger partial charge in [-0.15, -0.1) is 0 Å². The number of carboxylic acid groups (broad SMARTS) is 1. The first-order valence-corrected chi connectivity index (χ1v) is 20.2. The number of ether oxygens (including phenoxy) is 4. The van der Waals surface area contributed by atoms with Crippen LogP contribution in [0.4, 0.5) is 13.2 Å². The average Bonchev–Trinajstić information content (AvgIpc) is 3.95. The van der Waals surface area contributed by atoms with Crippen LogP contribution in [0.3, 0.4) is 0 Å². The standard InChI is InChI=1S/C44H40N4O8.C2HF3O2/c1-53-33-20-29-32(23-34(33)54-2)44(52)48(40-30-21-35-36(56-24-55-35)22-31(30)42(50)38(29)40)19-9-17-46-15-7-14-45-16-8-18-47-39-26-11-4-5-12-27(26)41(49)37(39)25-10-3-6-13-28(25)43(47)51;3-2(4,5)1(6)7/h3-6,10-13,20-23,45-46H,7-9,14-19,24H2,1-2H3;(H,6,7). The summed E-state index contributed by atoms with van der Waals surface area (Å²) in [5.74, 6) is -1.08. The van der Waals surface area contributed by atoms with Crippen LogP contribution in [0.15, 0.2) is 82.4 Å². The second-order valence-electron chi connectivity index (χ2n) is 15.0. The van der Waals surface area contributed by atoms with E-state index in [1.807, 2.05) is 42.5 Å². The molecule has 63 heavy (non-hydrogen) atoms. The van der Waals surface area contributed by atoms with Gasteiger partial charge in [-0.1, -0.05) is 42.5 Å². The summed E-state index contributed by atoms with van der Waals surface area (Å²) in [7, 11) is 3.04. The van der Waals surface area contributed by atoms with E-state index in [0.29, 0.717) is 104 Å². The number of benzene rings is 4. The lowest BCUT2D eigenvalue weighted by Gasteiger charge is -2.17. The molecule has 9 rings (SSSR count). The summed E-state index contributed by atoms with van der Waals surface area (Å²) < 4.78 is 57.5. The normalized spacial score (nSPS) is 13.1. The van der Waals surface area contributed by atoms with Crippen LogP contribution in [0.25, 0.3) is 44.1 Å². The number of ketones is 2. The van der Waals surface area contributed by atoms with Gasteiger partial charge in [0.25, 0.3) is 11.1 Å². The Kier molecular flexibility index (Phi) is 11.8. The van der Waals surface area contributed by atoms with Crippen molar-refractivity contribution >= 4 is 39.1 Å². The maximum atomic E-state index is 14.1. The van der Waals surface area contributed by atoms with E-state index in [9.17, 15) is 32.3 Å². The van der Waals surface area contributed by atoms with Crippen molar-refractivity contribution in [1.29, 1.82) is 0 Å². The third-order valence-corrected chi connectivity index (χ3v) is 11.3. The fraction of sp³-hybridized carbons (Fsp3) is 0.283.